The third-order valence-electron chi connectivity index (χ3n) is 4.45. The smallest absolute Gasteiger partial charge is 0.215 e. The van der Waals surface area contributed by atoms with Crippen molar-refractivity contribution in [3.8, 4) is 5.75 Å². The average Bonchev–Trinajstić information content (AvgIpc) is 2.65. The van der Waals surface area contributed by atoms with Crippen LogP contribution < -0.4 is 9.46 Å². The molecule has 1 N–H and O–H groups in total. The van der Waals surface area contributed by atoms with Crippen molar-refractivity contribution in [2.24, 2.45) is 0 Å². The Balaban J connectivity index is 2.13. The van der Waals surface area contributed by atoms with Crippen LogP contribution in [-0.2, 0) is 15.8 Å². The second-order valence-corrected chi connectivity index (χ2v) is 7.91. The molecule has 1 unspecified atom stereocenters. The average molecular weight is 377 g/mol. The van der Waals surface area contributed by atoms with E-state index in [0.29, 0.717) is 6.54 Å². The Bertz CT molecular complexity index is 757. The second kappa shape index (κ2) is 9.71. The summed E-state index contributed by atoms with van der Waals surface area (Å²) in [6.45, 7) is 6.18. The van der Waals surface area contributed by atoms with Crippen molar-refractivity contribution in [2.75, 3.05) is 26.7 Å². The summed E-state index contributed by atoms with van der Waals surface area (Å²) in [5.41, 5.74) is 1.85. The molecule has 6 heteroatoms. The summed E-state index contributed by atoms with van der Waals surface area (Å²) in [5.74, 6) is 0.776. The Labute approximate surface area is 157 Å². The van der Waals surface area contributed by atoms with E-state index in [9.17, 15) is 8.42 Å². The Morgan fingerprint density at radius 2 is 1.62 bits per heavy atom. The second-order valence-electron chi connectivity index (χ2n) is 6.10. The molecule has 142 valence electrons. The molecule has 0 aliphatic heterocycles. The summed E-state index contributed by atoms with van der Waals surface area (Å²) < 4.78 is 33.0. The summed E-state index contributed by atoms with van der Waals surface area (Å²) in [7, 11) is -1.77. The van der Waals surface area contributed by atoms with Crippen molar-refractivity contribution in [3.63, 3.8) is 0 Å². The van der Waals surface area contributed by atoms with Crippen LogP contribution >= 0.6 is 0 Å². The molecule has 0 heterocycles. The van der Waals surface area contributed by atoms with Gasteiger partial charge in [-0.05, 0) is 36.3 Å². The van der Waals surface area contributed by atoms with Gasteiger partial charge in [0.25, 0.3) is 0 Å². The van der Waals surface area contributed by atoms with Crippen LogP contribution in [0.25, 0.3) is 0 Å². The van der Waals surface area contributed by atoms with Crippen LogP contribution in [0.4, 0.5) is 0 Å². The van der Waals surface area contributed by atoms with E-state index in [-0.39, 0.29) is 11.8 Å². The number of sulfonamides is 1. The van der Waals surface area contributed by atoms with Crippen LogP contribution in [0.5, 0.6) is 5.75 Å². The van der Waals surface area contributed by atoms with Crippen molar-refractivity contribution < 1.29 is 13.2 Å². The molecule has 5 nitrogen and oxygen atoms in total. The molecule has 0 saturated carbocycles. The number of rotatable bonds is 10. The highest BCUT2D eigenvalue weighted by Crippen LogP contribution is 2.23. The lowest BCUT2D eigenvalue weighted by Gasteiger charge is -2.30. The van der Waals surface area contributed by atoms with E-state index in [2.05, 4.69) is 23.5 Å². The van der Waals surface area contributed by atoms with Gasteiger partial charge in [0.2, 0.25) is 10.0 Å². The maximum Gasteiger partial charge on any atom is 0.215 e. The van der Waals surface area contributed by atoms with Crippen LogP contribution in [-0.4, -0.2) is 40.1 Å². The van der Waals surface area contributed by atoms with Crippen molar-refractivity contribution in [1.82, 2.24) is 9.62 Å². The van der Waals surface area contributed by atoms with Gasteiger partial charge in [-0.25, -0.2) is 13.1 Å². The highest BCUT2D eigenvalue weighted by molar-refractivity contribution is 7.88. The van der Waals surface area contributed by atoms with Gasteiger partial charge in [-0.3, -0.25) is 4.90 Å². The van der Waals surface area contributed by atoms with Gasteiger partial charge in [-0.1, -0.05) is 56.3 Å². The van der Waals surface area contributed by atoms with Gasteiger partial charge in [-0.2, -0.15) is 0 Å². The van der Waals surface area contributed by atoms with E-state index in [1.54, 1.807) is 7.11 Å². The Morgan fingerprint density at radius 1 is 1.00 bits per heavy atom. The molecule has 0 aliphatic carbocycles. The van der Waals surface area contributed by atoms with Crippen LogP contribution in [0, 0.1) is 0 Å². The van der Waals surface area contributed by atoms with Gasteiger partial charge in [0.05, 0.1) is 12.9 Å². The Hall–Kier alpha value is -1.89. The van der Waals surface area contributed by atoms with E-state index in [4.69, 9.17) is 4.74 Å². The molecule has 0 amide bonds. The van der Waals surface area contributed by atoms with E-state index >= 15 is 0 Å². The molecular weight excluding hydrogens is 348 g/mol. The first-order valence-corrected chi connectivity index (χ1v) is 10.5. The van der Waals surface area contributed by atoms with Crippen LogP contribution in [0.3, 0.4) is 0 Å². The lowest BCUT2D eigenvalue weighted by Crippen LogP contribution is -2.38. The fourth-order valence-corrected chi connectivity index (χ4v) is 4.14. The summed E-state index contributed by atoms with van der Waals surface area (Å²) in [6.07, 6.45) is 0. The van der Waals surface area contributed by atoms with Crippen LogP contribution in [0.2, 0.25) is 0 Å². The van der Waals surface area contributed by atoms with Crippen molar-refractivity contribution in [2.45, 2.75) is 25.6 Å². The van der Waals surface area contributed by atoms with Gasteiger partial charge < -0.3 is 4.74 Å². The number of methoxy groups -OCH3 is 1. The van der Waals surface area contributed by atoms with Crippen molar-refractivity contribution >= 4 is 10.0 Å². The zero-order valence-electron chi connectivity index (χ0n) is 15.7. The minimum Gasteiger partial charge on any atom is -0.497 e. The fraction of sp³-hybridized carbons (Fsp3) is 0.400. The van der Waals surface area contributed by atoms with Gasteiger partial charge >= 0.3 is 0 Å². The monoisotopic (exact) mass is 376 g/mol. The zero-order chi connectivity index (χ0) is 19.0. The maximum atomic E-state index is 12.5. The fourth-order valence-electron chi connectivity index (χ4n) is 3.00. The first-order valence-electron chi connectivity index (χ1n) is 8.88. The summed E-state index contributed by atoms with van der Waals surface area (Å²) in [5, 5.41) is 0. The minimum absolute atomic E-state index is 0.0125. The van der Waals surface area contributed by atoms with E-state index in [1.165, 1.54) is 0 Å². The molecule has 0 aromatic heterocycles. The van der Waals surface area contributed by atoms with Gasteiger partial charge in [0, 0.05) is 12.6 Å². The molecule has 2 aromatic carbocycles. The number of hydrogen-bond donors (Lipinski definition) is 1. The van der Waals surface area contributed by atoms with Gasteiger partial charge in [0.1, 0.15) is 5.75 Å². The number of nitrogens with one attached hydrogen (secondary N) is 1. The topological polar surface area (TPSA) is 58.6 Å². The first-order chi connectivity index (χ1) is 12.5. The highest BCUT2D eigenvalue weighted by Gasteiger charge is 2.21. The third-order valence-corrected chi connectivity index (χ3v) is 5.77. The maximum absolute atomic E-state index is 12.5. The number of likely N-dealkylation sites (N-methyl/N-ethyl adjacent to an activating group) is 1. The summed E-state index contributed by atoms with van der Waals surface area (Å²) >= 11 is 0. The summed E-state index contributed by atoms with van der Waals surface area (Å²) in [4.78, 5) is 2.24. The molecular formula is C20H28N2O3S. The SMILES string of the molecule is CCN(CC)C(CNS(=O)(=O)Cc1ccccc1)c1ccc(OC)cc1. The molecule has 0 spiro atoms. The van der Waals surface area contributed by atoms with E-state index in [0.717, 1.165) is 30.0 Å². The predicted octanol–water partition coefficient (Wildman–Crippen LogP) is 3.20. The quantitative estimate of drug-likeness (QED) is 0.692. The molecule has 0 saturated heterocycles. The lowest BCUT2D eigenvalue weighted by molar-refractivity contribution is 0.220. The predicted molar refractivity (Wildman–Crippen MR) is 106 cm³/mol. The molecule has 1 atom stereocenters. The molecule has 0 bridgehead atoms. The normalized spacial score (nSPS) is 12.9. The minimum atomic E-state index is -3.40. The lowest BCUT2D eigenvalue weighted by atomic mass is 10.1. The first kappa shape index (κ1) is 20.4. The molecule has 26 heavy (non-hydrogen) atoms. The number of benzene rings is 2. The van der Waals surface area contributed by atoms with E-state index in [1.807, 2.05) is 54.6 Å². The van der Waals surface area contributed by atoms with Gasteiger partial charge in [0.15, 0.2) is 0 Å². The molecule has 0 fully saturated rings. The van der Waals surface area contributed by atoms with Gasteiger partial charge in [-0.15, -0.1) is 0 Å². The molecule has 2 aromatic rings. The third kappa shape index (κ3) is 5.83. The zero-order valence-corrected chi connectivity index (χ0v) is 16.5. The molecule has 0 radical (unpaired) electrons. The summed E-state index contributed by atoms with van der Waals surface area (Å²) in [6, 6.07) is 17.0. The Kier molecular flexibility index (Phi) is 7.63. The number of hydrogen-bond acceptors (Lipinski definition) is 4. The molecule has 0 aliphatic rings. The van der Waals surface area contributed by atoms with Crippen LogP contribution in [0.1, 0.15) is 31.0 Å². The Morgan fingerprint density at radius 3 is 2.15 bits per heavy atom. The number of ether oxygens (including phenoxy) is 1. The van der Waals surface area contributed by atoms with Crippen LogP contribution in [0.15, 0.2) is 54.6 Å². The highest BCUT2D eigenvalue weighted by atomic mass is 32.2. The largest absolute Gasteiger partial charge is 0.497 e. The standard InChI is InChI=1S/C20H28N2O3S/c1-4-22(5-2)20(18-11-13-19(25-3)14-12-18)15-21-26(23,24)16-17-9-7-6-8-10-17/h6-14,20-21H,4-5,15-16H2,1-3H3. The van der Waals surface area contributed by atoms with Crippen molar-refractivity contribution in [1.29, 1.82) is 0 Å². The number of nitrogens with zero attached hydrogens (tertiary/aromatic N) is 1. The molecule has 2 rings (SSSR count). The van der Waals surface area contributed by atoms with E-state index < -0.39 is 10.0 Å². The van der Waals surface area contributed by atoms with Crippen molar-refractivity contribution in [3.05, 3.63) is 65.7 Å².